The predicted molar refractivity (Wildman–Crippen MR) is 76.9 cm³/mol. The van der Waals surface area contributed by atoms with Crippen molar-refractivity contribution in [3.05, 3.63) is 12.2 Å². The first-order valence-corrected chi connectivity index (χ1v) is 8.38. The Hall–Kier alpha value is -1.53. The second-order valence-corrected chi connectivity index (χ2v) is 6.21. The van der Waals surface area contributed by atoms with Gasteiger partial charge in [0.2, 0.25) is 0 Å². The zero-order chi connectivity index (χ0) is 27.8. The van der Waals surface area contributed by atoms with E-state index in [1.165, 1.54) is 13.8 Å². The third-order valence-corrected chi connectivity index (χ3v) is 3.87. The van der Waals surface area contributed by atoms with Crippen LogP contribution in [-0.2, 0) is 9.47 Å². The number of hydrogen-bond donors (Lipinski definition) is 0. The van der Waals surface area contributed by atoms with Crippen LogP contribution in [0.3, 0.4) is 0 Å². The molecule has 0 bridgehead atoms. The average Bonchev–Trinajstić information content (AvgIpc) is 2.64. The van der Waals surface area contributed by atoms with Gasteiger partial charge in [-0.15, -0.1) is 0 Å². The molecule has 19 heteroatoms. The monoisotopic (exact) mass is 548 g/mol. The van der Waals surface area contributed by atoms with Gasteiger partial charge in [-0.1, -0.05) is 0 Å². The topological polar surface area (TPSA) is 18.5 Å². The first-order chi connectivity index (χ1) is 14.7. The van der Waals surface area contributed by atoms with Gasteiger partial charge in [0.1, 0.15) is 0 Å². The van der Waals surface area contributed by atoms with Gasteiger partial charge in [0.15, 0.2) is 6.29 Å². The van der Waals surface area contributed by atoms with E-state index in [1.54, 1.807) is 0 Å². The quantitative estimate of drug-likeness (QED) is 0.149. The van der Waals surface area contributed by atoms with Crippen molar-refractivity contribution in [2.24, 2.45) is 0 Å². The Kier molecular flexibility index (Phi) is 9.07. The van der Waals surface area contributed by atoms with Crippen molar-refractivity contribution < 1.29 is 84.1 Å². The van der Waals surface area contributed by atoms with Gasteiger partial charge in [-0.05, 0) is 26.0 Å². The van der Waals surface area contributed by atoms with Crippen LogP contribution in [0.1, 0.15) is 13.8 Å². The maximum atomic E-state index is 13.7. The number of rotatable bonds is 12. The van der Waals surface area contributed by atoms with E-state index >= 15 is 0 Å². The van der Waals surface area contributed by atoms with Crippen molar-refractivity contribution in [1.82, 2.24) is 0 Å². The van der Waals surface area contributed by atoms with E-state index in [1.807, 2.05) is 0 Å². The first kappa shape index (κ1) is 32.5. The van der Waals surface area contributed by atoms with E-state index in [-0.39, 0.29) is 6.08 Å². The summed E-state index contributed by atoms with van der Waals surface area (Å²) in [4.78, 5) is 0. The first-order valence-electron chi connectivity index (χ1n) is 8.38. The second kappa shape index (κ2) is 9.50. The summed E-state index contributed by atoms with van der Waals surface area (Å²) in [7, 11) is 0. The lowest BCUT2D eigenvalue weighted by Gasteiger charge is -2.42. The molecular weight excluding hydrogens is 535 g/mol. The van der Waals surface area contributed by atoms with Crippen LogP contribution in [0.5, 0.6) is 0 Å². The Labute approximate surface area is 178 Å². The average molecular weight is 548 g/mol. The molecule has 0 unspecified atom stereocenters. The molecule has 0 aliphatic rings. The van der Waals surface area contributed by atoms with E-state index in [0.29, 0.717) is 0 Å². The Morgan fingerprint density at radius 1 is 0.500 bits per heavy atom. The highest BCUT2D eigenvalue weighted by Crippen LogP contribution is 2.64. The third-order valence-electron chi connectivity index (χ3n) is 3.87. The van der Waals surface area contributed by atoms with Gasteiger partial charge >= 0.3 is 47.6 Å². The molecule has 204 valence electrons. The lowest BCUT2D eigenvalue weighted by atomic mass is 9.89. The number of allylic oxidation sites excluding steroid dienone is 1. The molecule has 0 aromatic rings. The summed E-state index contributed by atoms with van der Waals surface area (Å²) in [6.45, 7) is 1.53. The fourth-order valence-corrected chi connectivity index (χ4v) is 1.97. The van der Waals surface area contributed by atoms with Gasteiger partial charge in [0.25, 0.3) is 0 Å². The molecule has 0 atom stereocenters. The molecule has 0 saturated carbocycles. The SMILES string of the molecule is CCOC(/C=C/C(F)(F)C(F)(F)C(F)(F)C(F)(F)C(F)(F)C(F)(F)C(F)(F)C(F)(F)F)OCC. The Bertz CT molecular complexity index is 704. The summed E-state index contributed by atoms with van der Waals surface area (Å²) in [5, 5.41) is 0. The molecule has 0 N–H and O–H groups in total. The normalized spacial score (nSPS) is 16.1. The summed E-state index contributed by atoms with van der Waals surface area (Å²) in [6.07, 6.45) is -11.4. The highest BCUT2D eigenvalue weighted by molar-refractivity contribution is 5.18. The lowest BCUT2D eigenvalue weighted by molar-refractivity contribution is -0.459. The Morgan fingerprint density at radius 2 is 0.794 bits per heavy atom. The summed E-state index contributed by atoms with van der Waals surface area (Å²) < 4.78 is 232. The van der Waals surface area contributed by atoms with Gasteiger partial charge in [-0.2, -0.15) is 74.6 Å². The van der Waals surface area contributed by atoms with Crippen molar-refractivity contribution >= 4 is 0 Å². The minimum atomic E-state index is -8.65. The van der Waals surface area contributed by atoms with Gasteiger partial charge in [0, 0.05) is 13.2 Å². The van der Waals surface area contributed by atoms with Gasteiger partial charge in [-0.25, -0.2) is 0 Å². The number of hydrogen-bond acceptors (Lipinski definition) is 2. The maximum Gasteiger partial charge on any atom is 0.460 e. The fraction of sp³-hybridized carbons (Fsp3) is 0.867. The predicted octanol–water partition coefficient (Wildman–Crippen LogP) is 6.95. The maximum absolute atomic E-state index is 13.7. The summed E-state index contributed by atoms with van der Waals surface area (Å²) in [5.41, 5.74) is 0. The summed E-state index contributed by atoms with van der Waals surface area (Å²) in [6, 6.07) is 0. The zero-order valence-electron chi connectivity index (χ0n) is 16.4. The van der Waals surface area contributed by atoms with Crippen LogP contribution in [-0.4, -0.2) is 67.1 Å². The van der Waals surface area contributed by atoms with Crippen LogP contribution in [0.2, 0.25) is 0 Å². The van der Waals surface area contributed by atoms with E-state index < -0.39 is 73.2 Å². The van der Waals surface area contributed by atoms with Crippen LogP contribution in [0, 0.1) is 0 Å². The number of alkyl halides is 17. The molecule has 0 aliphatic heterocycles. The summed E-state index contributed by atoms with van der Waals surface area (Å²) >= 11 is 0. The third kappa shape index (κ3) is 4.90. The molecule has 0 saturated heterocycles. The van der Waals surface area contributed by atoms with Gasteiger partial charge in [-0.3, -0.25) is 0 Å². The minimum Gasteiger partial charge on any atom is -0.349 e. The van der Waals surface area contributed by atoms with Gasteiger partial charge in [0.05, 0.1) is 0 Å². The standard InChI is InChI=1S/C15H13F17O2/c1-3-33-7(34-4-2)5-6-8(16,17)9(18,19)10(20,21)11(22,23)12(24,25)13(26,27)14(28,29)15(30,31)32/h5-7H,3-4H2,1-2H3/b6-5+. The van der Waals surface area contributed by atoms with E-state index in [4.69, 9.17) is 0 Å². The largest absolute Gasteiger partial charge is 0.460 e. The Balaban J connectivity index is 6.60. The van der Waals surface area contributed by atoms with Crippen molar-refractivity contribution in [3.63, 3.8) is 0 Å². The molecule has 2 nitrogen and oxygen atoms in total. The smallest absolute Gasteiger partial charge is 0.349 e. The molecule has 0 amide bonds. The molecule has 0 rings (SSSR count). The van der Waals surface area contributed by atoms with Crippen LogP contribution in [0.15, 0.2) is 12.2 Å². The highest BCUT2D eigenvalue weighted by atomic mass is 19.4. The molecule has 34 heavy (non-hydrogen) atoms. The van der Waals surface area contributed by atoms with Gasteiger partial charge < -0.3 is 9.47 Å². The molecule has 0 heterocycles. The van der Waals surface area contributed by atoms with Crippen molar-refractivity contribution in [2.75, 3.05) is 13.2 Å². The molecule has 0 fully saturated rings. The molecule has 0 aliphatic carbocycles. The van der Waals surface area contributed by atoms with Crippen molar-refractivity contribution in [3.8, 4) is 0 Å². The van der Waals surface area contributed by atoms with Crippen LogP contribution in [0.4, 0.5) is 74.6 Å². The lowest BCUT2D eigenvalue weighted by Crippen LogP contribution is -2.74. The van der Waals surface area contributed by atoms with Crippen LogP contribution >= 0.6 is 0 Å². The fourth-order valence-electron chi connectivity index (χ4n) is 1.97. The van der Waals surface area contributed by atoms with Crippen molar-refractivity contribution in [1.29, 1.82) is 0 Å². The highest BCUT2D eigenvalue weighted by Gasteiger charge is 2.95. The van der Waals surface area contributed by atoms with E-state index in [9.17, 15) is 74.6 Å². The minimum absolute atomic E-state index is 0.292. The molecule has 0 aromatic heterocycles. The zero-order valence-corrected chi connectivity index (χ0v) is 16.4. The molecule has 0 spiro atoms. The van der Waals surface area contributed by atoms with E-state index in [0.717, 1.165) is 0 Å². The molecular formula is C15H13F17O2. The Morgan fingerprint density at radius 3 is 1.09 bits per heavy atom. The second-order valence-electron chi connectivity index (χ2n) is 6.21. The summed E-state index contributed by atoms with van der Waals surface area (Å²) in [5.74, 6) is -56.7. The molecule has 0 radical (unpaired) electrons. The van der Waals surface area contributed by atoms with Crippen LogP contribution < -0.4 is 0 Å². The number of halogens is 17. The molecule has 0 aromatic carbocycles. The number of ether oxygens (including phenoxy) is 2. The van der Waals surface area contributed by atoms with Crippen LogP contribution in [0.25, 0.3) is 0 Å². The van der Waals surface area contributed by atoms with Crippen molar-refractivity contribution in [2.45, 2.75) is 67.8 Å². The van der Waals surface area contributed by atoms with E-state index in [2.05, 4.69) is 9.47 Å².